The molecule has 5 nitrogen and oxygen atoms in total. The highest BCUT2D eigenvalue weighted by atomic mass is 16.2. The highest BCUT2D eigenvalue weighted by molar-refractivity contribution is 6.06. The van der Waals surface area contributed by atoms with E-state index in [1.54, 1.807) is 4.68 Å². The number of benzene rings is 1. The second-order valence-corrected chi connectivity index (χ2v) is 5.53. The van der Waals surface area contributed by atoms with Crippen molar-refractivity contribution in [2.24, 2.45) is 0 Å². The monoisotopic (exact) mass is 284 g/mol. The van der Waals surface area contributed by atoms with E-state index < -0.39 is 0 Å². The molecular weight excluding hydrogens is 264 g/mol. The summed E-state index contributed by atoms with van der Waals surface area (Å²) in [4.78, 5) is 14.6. The molecule has 1 aliphatic heterocycles. The van der Waals surface area contributed by atoms with Crippen LogP contribution in [0.5, 0.6) is 0 Å². The SMILES string of the molecule is CCn1nc(C)cc1C(=O)N1CCc2cc(C)c(N)cc21. The molecule has 0 unspecified atom stereocenters. The van der Waals surface area contributed by atoms with Gasteiger partial charge in [-0.15, -0.1) is 0 Å². The first-order valence-electron chi connectivity index (χ1n) is 7.26. The second kappa shape index (κ2) is 4.91. The predicted octanol–water partition coefficient (Wildman–Crippen LogP) is 2.30. The smallest absolute Gasteiger partial charge is 0.276 e. The van der Waals surface area contributed by atoms with Gasteiger partial charge in [0, 0.05) is 24.5 Å². The Kier molecular flexibility index (Phi) is 3.20. The van der Waals surface area contributed by atoms with Gasteiger partial charge >= 0.3 is 0 Å². The average Bonchev–Trinajstić information content (AvgIpc) is 3.02. The number of aromatic nitrogens is 2. The van der Waals surface area contributed by atoms with Crippen molar-refractivity contribution in [2.45, 2.75) is 33.7 Å². The Bertz CT molecular complexity index is 717. The van der Waals surface area contributed by atoms with Crippen LogP contribution >= 0.6 is 0 Å². The quantitative estimate of drug-likeness (QED) is 0.861. The van der Waals surface area contributed by atoms with Crippen LogP contribution in [0.25, 0.3) is 0 Å². The first kappa shape index (κ1) is 13.7. The number of hydrogen-bond acceptors (Lipinski definition) is 3. The third-order valence-corrected chi connectivity index (χ3v) is 4.03. The molecule has 2 heterocycles. The van der Waals surface area contributed by atoms with Gasteiger partial charge in [-0.25, -0.2) is 0 Å². The van der Waals surface area contributed by atoms with Crippen LogP contribution in [0.4, 0.5) is 11.4 Å². The van der Waals surface area contributed by atoms with Crippen LogP contribution in [0.15, 0.2) is 18.2 Å². The number of aryl methyl sites for hydroxylation is 3. The highest BCUT2D eigenvalue weighted by Crippen LogP contribution is 2.33. The van der Waals surface area contributed by atoms with E-state index in [-0.39, 0.29) is 5.91 Å². The minimum absolute atomic E-state index is 0.000506. The topological polar surface area (TPSA) is 64.2 Å². The number of nitrogens with zero attached hydrogens (tertiary/aromatic N) is 3. The van der Waals surface area contributed by atoms with Crippen LogP contribution in [0.1, 0.15) is 34.2 Å². The summed E-state index contributed by atoms with van der Waals surface area (Å²) in [7, 11) is 0. The van der Waals surface area contributed by atoms with Gasteiger partial charge in [-0.3, -0.25) is 9.48 Å². The zero-order valence-corrected chi connectivity index (χ0v) is 12.7. The van der Waals surface area contributed by atoms with E-state index in [0.717, 1.165) is 29.1 Å². The molecule has 2 N–H and O–H groups in total. The minimum Gasteiger partial charge on any atom is -0.398 e. The van der Waals surface area contributed by atoms with Gasteiger partial charge in [0.15, 0.2) is 0 Å². The summed E-state index contributed by atoms with van der Waals surface area (Å²) >= 11 is 0. The van der Waals surface area contributed by atoms with Crippen molar-refractivity contribution >= 4 is 17.3 Å². The molecule has 0 spiro atoms. The molecule has 3 rings (SSSR count). The van der Waals surface area contributed by atoms with Gasteiger partial charge in [0.1, 0.15) is 5.69 Å². The van der Waals surface area contributed by atoms with E-state index >= 15 is 0 Å². The molecule has 0 saturated heterocycles. The van der Waals surface area contributed by atoms with Gasteiger partial charge < -0.3 is 10.6 Å². The van der Waals surface area contributed by atoms with Gasteiger partial charge in [-0.2, -0.15) is 5.10 Å². The van der Waals surface area contributed by atoms with Crippen LogP contribution in [-0.2, 0) is 13.0 Å². The number of nitrogens with two attached hydrogens (primary N) is 1. The van der Waals surface area contributed by atoms with Crippen LogP contribution in [0, 0.1) is 13.8 Å². The highest BCUT2D eigenvalue weighted by Gasteiger charge is 2.28. The second-order valence-electron chi connectivity index (χ2n) is 5.53. The molecule has 0 radical (unpaired) electrons. The average molecular weight is 284 g/mol. The number of anilines is 2. The number of rotatable bonds is 2. The zero-order valence-electron chi connectivity index (χ0n) is 12.7. The van der Waals surface area contributed by atoms with Crippen molar-refractivity contribution in [1.82, 2.24) is 9.78 Å². The maximum absolute atomic E-state index is 12.8. The number of carbonyl (C=O) groups is 1. The first-order valence-corrected chi connectivity index (χ1v) is 7.26. The molecule has 2 aromatic rings. The maximum Gasteiger partial charge on any atom is 0.276 e. The molecular formula is C16H20N4O. The Morgan fingerprint density at radius 3 is 2.81 bits per heavy atom. The van der Waals surface area contributed by atoms with Crippen molar-refractivity contribution < 1.29 is 4.79 Å². The molecule has 0 saturated carbocycles. The van der Waals surface area contributed by atoms with Crippen molar-refractivity contribution in [1.29, 1.82) is 0 Å². The molecule has 0 bridgehead atoms. The Morgan fingerprint density at radius 1 is 1.33 bits per heavy atom. The fourth-order valence-corrected chi connectivity index (χ4v) is 2.88. The van der Waals surface area contributed by atoms with Gasteiger partial charge in [0.05, 0.1) is 5.69 Å². The van der Waals surface area contributed by atoms with Crippen molar-refractivity contribution in [3.8, 4) is 0 Å². The molecule has 21 heavy (non-hydrogen) atoms. The molecule has 1 aliphatic rings. The number of nitrogen functional groups attached to an aromatic ring is 1. The van der Waals surface area contributed by atoms with Gasteiger partial charge in [0.25, 0.3) is 5.91 Å². The third kappa shape index (κ3) is 2.18. The fraction of sp³-hybridized carbons (Fsp3) is 0.375. The van der Waals surface area contributed by atoms with Gasteiger partial charge in [-0.1, -0.05) is 6.07 Å². The van der Waals surface area contributed by atoms with E-state index in [0.29, 0.717) is 18.8 Å². The summed E-state index contributed by atoms with van der Waals surface area (Å²) in [5.74, 6) is -0.000506. The maximum atomic E-state index is 12.8. The van der Waals surface area contributed by atoms with Crippen LogP contribution in [-0.4, -0.2) is 22.2 Å². The molecule has 1 aromatic heterocycles. The van der Waals surface area contributed by atoms with E-state index in [4.69, 9.17) is 5.73 Å². The van der Waals surface area contributed by atoms with Crippen LogP contribution < -0.4 is 10.6 Å². The summed E-state index contributed by atoms with van der Waals surface area (Å²) in [6.45, 7) is 7.27. The summed E-state index contributed by atoms with van der Waals surface area (Å²) < 4.78 is 1.76. The number of hydrogen-bond donors (Lipinski definition) is 1. The largest absolute Gasteiger partial charge is 0.398 e. The van der Waals surface area contributed by atoms with E-state index in [1.807, 2.05) is 37.8 Å². The molecule has 110 valence electrons. The van der Waals surface area contributed by atoms with Crippen LogP contribution in [0.3, 0.4) is 0 Å². The predicted molar refractivity (Wildman–Crippen MR) is 83.6 cm³/mol. The Hall–Kier alpha value is -2.30. The molecule has 1 aromatic carbocycles. The lowest BCUT2D eigenvalue weighted by atomic mass is 10.1. The standard InChI is InChI=1S/C16H20N4O/c1-4-20-15(8-11(3)18-20)16(21)19-6-5-12-7-10(2)13(17)9-14(12)19/h7-9H,4-6,17H2,1-3H3. The van der Waals surface area contributed by atoms with Gasteiger partial charge in [-0.05, 0) is 50.5 Å². The molecule has 0 aliphatic carbocycles. The molecule has 5 heteroatoms. The summed E-state index contributed by atoms with van der Waals surface area (Å²) in [5.41, 5.74) is 11.4. The van der Waals surface area contributed by atoms with Gasteiger partial charge in [0.2, 0.25) is 0 Å². The number of carbonyl (C=O) groups excluding carboxylic acids is 1. The van der Waals surface area contributed by atoms with E-state index in [1.165, 1.54) is 5.56 Å². The first-order chi connectivity index (χ1) is 10.0. The summed E-state index contributed by atoms with van der Waals surface area (Å²) in [5, 5.41) is 4.35. The number of amides is 1. The fourth-order valence-electron chi connectivity index (χ4n) is 2.88. The van der Waals surface area contributed by atoms with Crippen molar-refractivity contribution in [2.75, 3.05) is 17.2 Å². The summed E-state index contributed by atoms with van der Waals surface area (Å²) in [6, 6.07) is 5.84. The van der Waals surface area contributed by atoms with E-state index in [9.17, 15) is 4.79 Å². The Labute approximate surface area is 124 Å². The Balaban J connectivity index is 2.00. The Morgan fingerprint density at radius 2 is 2.10 bits per heavy atom. The van der Waals surface area contributed by atoms with E-state index in [2.05, 4.69) is 11.2 Å². The molecule has 1 amide bonds. The molecule has 0 atom stereocenters. The minimum atomic E-state index is -0.000506. The number of fused-ring (bicyclic) bond motifs is 1. The van der Waals surface area contributed by atoms with Crippen LogP contribution in [0.2, 0.25) is 0 Å². The lowest BCUT2D eigenvalue weighted by Crippen LogP contribution is -2.31. The van der Waals surface area contributed by atoms with Crippen molar-refractivity contribution in [3.63, 3.8) is 0 Å². The van der Waals surface area contributed by atoms with Crippen molar-refractivity contribution in [3.05, 3.63) is 40.7 Å². The lowest BCUT2D eigenvalue weighted by molar-refractivity contribution is 0.0979. The molecule has 0 fully saturated rings. The summed E-state index contributed by atoms with van der Waals surface area (Å²) in [6.07, 6.45) is 0.876. The third-order valence-electron chi connectivity index (χ3n) is 4.03. The lowest BCUT2D eigenvalue weighted by Gasteiger charge is -2.18. The normalized spacial score (nSPS) is 13.6. The zero-order chi connectivity index (χ0) is 15.1.